The van der Waals surface area contributed by atoms with Crippen molar-refractivity contribution in [2.75, 3.05) is 26.2 Å². The lowest BCUT2D eigenvalue weighted by molar-refractivity contribution is -0.137. The molecule has 12 heteroatoms. The molecule has 0 unspecified atom stereocenters. The minimum Gasteiger partial charge on any atom is -0.335 e. The van der Waals surface area contributed by atoms with Gasteiger partial charge in [-0.2, -0.15) is 23.3 Å². The zero-order valence-electron chi connectivity index (χ0n) is 25.5. The molecule has 1 aliphatic heterocycles. The number of aromatic nitrogens is 3. The Morgan fingerprint density at radius 1 is 0.913 bits per heavy atom. The van der Waals surface area contributed by atoms with Gasteiger partial charge in [0.2, 0.25) is 5.91 Å². The molecule has 2 heterocycles. The Hall–Kier alpha value is -4.03. The average Bonchev–Trinajstić information content (AvgIpc) is 3.57. The summed E-state index contributed by atoms with van der Waals surface area (Å²) < 4.78 is 53.8. The number of halogens is 4. The topological polar surface area (TPSA) is 71.3 Å². The van der Waals surface area contributed by atoms with Crippen LogP contribution in [0, 0.1) is 5.82 Å². The van der Waals surface area contributed by atoms with Crippen LogP contribution in [0.3, 0.4) is 0 Å². The van der Waals surface area contributed by atoms with E-state index in [1.165, 1.54) is 40.7 Å². The predicted octanol–water partition coefficient (Wildman–Crippen LogP) is 6.44. The molecule has 0 aliphatic carbocycles. The number of rotatable bonds is 12. The van der Waals surface area contributed by atoms with Gasteiger partial charge in [-0.1, -0.05) is 67.2 Å². The van der Waals surface area contributed by atoms with Crippen molar-refractivity contribution in [1.29, 1.82) is 0 Å². The molecule has 0 bridgehead atoms. The van der Waals surface area contributed by atoms with Crippen molar-refractivity contribution in [1.82, 2.24) is 24.6 Å². The predicted molar refractivity (Wildman–Crippen MR) is 170 cm³/mol. The highest BCUT2D eigenvalue weighted by Gasteiger charge is 2.30. The van der Waals surface area contributed by atoms with Gasteiger partial charge in [-0.3, -0.25) is 9.59 Å². The number of likely N-dealkylation sites (tertiary alicyclic amines) is 1. The second-order valence-corrected chi connectivity index (χ2v) is 12.2. The Balaban J connectivity index is 1.33. The van der Waals surface area contributed by atoms with Crippen molar-refractivity contribution in [2.24, 2.45) is 0 Å². The van der Waals surface area contributed by atoms with Crippen LogP contribution in [0.1, 0.15) is 42.1 Å². The summed E-state index contributed by atoms with van der Waals surface area (Å²) in [4.78, 5) is 34.8. The summed E-state index contributed by atoms with van der Waals surface area (Å²) in [7, 11) is 0. The number of hydrogen-bond acceptors (Lipinski definition) is 6. The number of carbonyl (C=O) groups is 1. The molecule has 1 aromatic heterocycles. The van der Waals surface area contributed by atoms with Crippen molar-refractivity contribution in [3.05, 3.63) is 111 Å². The van der Waals surface area contributed by atoms with Crippen LogP contribution in [0.4, 0.5) is 17.6 Å². The van der Waals surface area contributed by atoms with Gasteiger partial charge in [-0.25, -0.2) is 9.07 Å². The van der Waals surface area contributed by atoms with Gasteiger partial charge in [0.1, 0.15) is 18.1 Å². The molecule has 1 aliphatic rings. The molecule has 46 heavy (non-hydrogen) atoms. The number of aryl methyl sites for hydroxylation is 1. The maximum atomic E-state index is 13.9. The number of hydrogen-bond donors (Lipinski definition) is 0. The summed E-state index contributed by atoms with van der Waals surface area (Å²) in [6.07, 6.45) is -1.77. The quantitative estimate of drug-likeness (QED) is 0.130. The van der Waals surface area contributed by atoms with Crippen molar-refractivity contribution in [3.63, 3.8) is 0 Å². The van der Waals surface area contributed by atoms with E-state index in [1.807, 2.05) is 24.3 Å². The molecule has 0 spiro atoms. The van der Waals surface area contributed by atoms with Crippen molar-refractivity contribution < 1.29 is 22.4 Å². The third-order valence-electron chi connectivity index (χ3n) is 7.92. The molecule has 1 saturated heterocycles. The van der Waals surface area contributed by atoms with E-state index >= 15 is 0 Å². The van der Waals surface area contributed by atoms with Crippen LogP contribution in [0.5, 0.6) is 0 Å². The van der Waals surface area contributed by atoms with Crippen LogP contribution in [0.15, 0.2) is 82.7 Å². The fourth-order valence-corrected chi connectivity index (χ4v) is 6.15. The molecule has 7 nitrogen and oxygen atoms in total. The van der Waals surface area contributed by atoms with E-state index in [0.717, 1.165) is 61.3 Å². The van der Waals surface area contributed by atoms with E-state index in [2.05, 4.69) is 15.0 Å². The maximum absolute atomic E-state index is 13.9. The molecule has 4 aromatic rings. The van der Waals surface area contributed by atoms with Gasteiger partial charge in [-0.05, 0) is 78.9 Å². The first-order valence-corrected chi connectivity index (χ1v) is 16.2. The lowest BCUT2D eigenvalue weighted by atomic mass is 10.0. The third kappa shape index (κ3) is 8.82. The number of carbonyl (C=O) groups excluding carboxylic acids is 1. The molecule has 1 fully saturated rings. The van der Waals surface area contributed by atoms with E-state index in [4.69, 9.17) is 0 Å². The van der Waals surface area contributed by atoms with Gasteiger partial charge in [0.25, 0.3) is 5.56 Å². The van der Waals surface area contributed by atoms with Gasteiger partial charge >= 0.3 is 6.18 Å². The van der Waals surface area contributed by atoms with E-state index in [-0.39, 0.29) is 24.0 Å². The third-order valence-corrected chi connectivity index (χ3v) is 8.96. The molecule has 3 aromatic carbocycles. The van der Waals surface area contributed by atoms with Crippen molar-refractivity contribution in [2.45, 2.75) is 56.4 Å². The minimum atomic E-state index is -4.39. The smallest absolute Gasteiger partial charge is 0.335 e. The van der Waals surface area contributed by atoms with E-state index in [0.29, 0.717) is 36.0 Å². The van der Waals surface area contributed by atoms with Gasteiger partial charge < -0.3 is 9.80 Å². The normalized spacial score (nSPS) is 13.7. The van der Waals surface area contributed by atoms with E-state index in [9.17, 15) is 27.2 Å². The number of benzene rings is 3. The van der Waals surface area contributed by atoms with Crippen LogP contribution in [0.25, 0.3) is 11.1 Å². The molecule has 0 saturated carbocycles. The molecule has 242 valence electrons. The zero-order chi connectivity index (χ0) is 32.7. The number of alkyl halides is 3. The molecular weight excluding hydrogens is 618 g/mol. The summed E-state index contributed by atoms with van der Waals surface area (Å²) >= 11 is 1.26. The Kier molecular flexibility index (Phi) is 10.9. The van der Waals surface area contributed by atoms with Crippen LogP contribution in [0.2, 0.25) is 0 Å². The van der Waals surface area contributed by atoms with E-state index in [1.54, 1.807) is 24.0 Å². The molecule has 0 atom stereocenters. The molecular formula is C34H35F4N5O2S. The first kappa shape index (κ1) is 33.3. The summed E-state index contributed by atoms with van der Waals surface area (Å²) in [5.41, 5.74) is 2.27. The van der Waals surface area contributed by atoms with Crippen molar-refractivity contribution >= 4 is 17.7 Å². The minimum absolute atomic E-state index is 0.115. The van der Waals surface area contributed by atoms with Crippen LogP contribution in [-0.2, 0) is 36.2 Å². The van der Waals surface area contributed by atoms with Gasteiger partial charge in [0.15, 0.2) is 5.16 Å². The maximum Gasteiger partial charge on any atom is 0.416 e. The fraction of sp³-hybridized carbons (Fsp3) is 0.353. The Labute approximate surface area is 269 Å². The highest BCUT2D eigenvalue weighted by molar-refractivity contribution is 7.98. The average molecular weight is 654 g/mol. The van der Waals surface area contributed by atoms with Gasteiger partial charge in [0.05, 0.1) is 5.56 Å². The second kappa shape index (κ2) is 15.0. The summed E-state index contributed by atoms with van der Waals surface area (Å²) in [5.74, 6) is -0.112. The monoisotopic (exact) mass is 653 g/mol. The first-order chi connectivity index (χ1) is 22.1. The number of amides is 1. The molecule has 0 radical (unpaired) electrons. The fourth-order valence-electron chi connectivity index (χ4n) is 5.26. The highest BCUT2D eigenvalue weighted by atomic mass is 32.2. The number of nitrogens with zero attached hydrogens (tertiary/aromatic N) is 5. The Morgan fingerprint density at radius 3 is 2.13 bits per heavy atom. The van der Waals surface area contributed by atoms with Crippen LogP contribution in [-0.4, -0.2) is 56.7 Å². The van der Waals surface area contributed by atoms with Gasteiger partial charge in [0, 0.05) is 25.4 Å². The Morgan fingerprint density at radius 2 is 1.52 bits per heavy atom. The lowest BCUT2D eigenvalue weighted by Crippen LogP contribution is -2.40. The number of thioether (sulfide) groups is 1. The summed E-state index contributed by atoms with van der Waals surface area (Å²) in [6, 6.07) is 18.5. The van der Waals surface area contributed by atoms with Crippen LogP contribution >= 0.6 is 11.8 Å². The first-order valence-electron chi connectivity index (χ1n) is 15.2. The molecule has 0 N–H and O–H groups in total. The standard InChI is InChI=1S/C34H35F4N5O2S/c1-2-30-32(45)39-33(46-23-25-7-15-29(35)16-8-25)43(40-30)22-31(44)42(20-19-41-17-3-4-18-41)21-24-5-9-26(10-6-24)27-11-13-28(14-12-27)34(36,37)38/h5-16H,2-4,17-23H2,1H3. The lowest BCUT2D eigenvalue weighted by Gasteiger charge is -2.26. The highest BCUT2D eigenvalue weighted by Crippen LogP contribution is 2.31. The summed E-state index contributed by atoms with van der Waals surface area (Å²) in [6.45, 7) is 5.20. The SMILES string of the molecule is CCc1nn(CC(=O)N(CCN2CCCC2)Cc2ccc(-c3ccc(C(F)(F)F)cc3)cc2)c(SCc2ccc(F)cc2)nc1=O. The molecule has 1 amide bonds. The van der Waals surface area contributed by atoms with Crippen molar-refractivity contribution in [3.8, 4) is 11.1 Å². The second-order valence-electron chi connectivity index (χ2n) is 11.2. The van der Waals surface area contributed by atoms with E-state index < -0.39 is 17.3 Å². The zero-order valence-corrected chi connectivity index (χ0v) is 26.3. The Bertz CT molecular complexity index is 1670. The van der Waals surface area contributed by atoms with Crippen LogP contribution < -0.4 is 5.56 Å². The summed E-state index contributed by atoms with van der Waals surface area (Å²) in [5, 5.41) is 4.79. The molecule has 5 rings (SSSR count). The van der Waals surface area contributed by atoms with Gasteiger partial charge in [-0.15, -0.1) is 0 Å². The largest absolute Gasteiger partial charge is 0.416 e.